The fourth-order valence-corrected chi connectivity index (χ4v) is 24.1. The molecule has 4 unspecified atom stereocenters. The third kappa shape index (κ3) is 0.762. The van der Waals surface area contributed by atoms with Crippen LogP contribution in [-0.4, -0.2) is 64.1 Å². The number of methoxy groups -OCH3 is 2. The van der Waals surface area contributed by atoms with Gasteiger partial charge in [0.25, 0.3) is 0 Å². The molecular formula is C22H20Br4O4. The molecule has 8 heteroatoms. The van der Waals surface area contributed by atoms with E-state index in [9.17, 15) is 10.2 Å². The first-order valence-corrected chi connectivity index (χ1v) is 14.6. The predicted molar refractivity (Wildman–Crippen MR) is 118 cm³/mol. The van der Waals surface area contributed by atoms with E-state index in [1.165, 1.54) is 0 Å². The average Bonchev–Trinajstić information content (AvgIpc) is 3.49. The van der Waals surface area contributed by atoms with Crippen LogP contribution in [-0.2, 0) is 9.47 Å². The molecule has 0 aromatic rings. The molecule has 12 rings (SSSR count). The van der Waals surface area contributed by atoms with Crippen molar-refractivity contribution in [1.29, 1.82) is 0 Å². The number of alkyl halides is 4. The van der Waals surface area contributed by atoms with E-state index in [4.69, 9.17) is 9.47 Å². The lowest BCUT2D eigenvalue weighted by molar-refractivity contribution is -0.127. The quantitative estimate of drug-likeness (QED) is 0.445. The molecule has 12 aliphatic rings. The fourth-order valence-electron chi connectivity index (χ4n) is 15.9. The maximum atomic E-state index is 13.0. The summed E-state index contributed by atoms with van der Waals surface area (Å²) >= 11 is 17.6. The molecule has 160 valence electrons. The van der Waals surface area contributed by atoms with E-state index in [-0.39, 0.29) is 58.4 Å². The van der Waals surface area contributed by atoms with Crippen LogP contribution in [0.15, 0.2) is 0 Å². The lowest BCUT2D eigenvalue weighted by Gasteiger charge is -2.47. The Morgan fingerprint density at radius 2 is 0.833 bits per heavy atom. The van der Waals surface area contributed by atoms with Gasteiger partial charge in [0.05, 0.1) is 39.7 Å². The Morgan fingerprint density at radius 3 is 1.23 bits per heavy atom. The van der Waals surface area contributed by atoms with Crippen molar-refractivity contribution >= 4 is 63.7 Å². The van der Waals surface area contributed by atoms with Gasteiger partial charge in [0.2, 0.25) is 0 Å². The van der Waals surface area contributed by atoms with Gasteiger partial charge in [-0.2, -0.15) is 0 Å². The minimum Gasteiger partial charge on any atom is -0.388 e. The fraction of sp³-hybridized carbons (Fsp3) is 1.00. The largest absolute Gasteiger partial charge is 0.388 e. The van der Waals surface area contributed by atoms with Crippen LogP contribution < -0.4 is 0 Å². The van der Waals surface area contributed by atoms with Crippen LogP contribution in [0.1, 0.15) is 0 Å². The minimum absolute atomic E-state index is 0.0620. The van der Waals surface area contributed by atoms with Gasteiger partial charge in [-0.1, -0.05) is 63.7 Å². The summed E-state index contributed by atoms with van der Waals surface area (Å²) in [5, 5.41) is 25.9. The highest BCUT2D eigenvalue weighted by molar-refractivity contribution is 9.11. The van der Waals surface area contributed by atoms with Crippen molar-refractivity contribution < 1.29 is 19.7 Å². The standard InChI is InChI=1S/C22H20Br4O4/c1-29-21-11-5-6-12(21)16(24)8-4-3-7(17(8,21)25)15(11,23)19(27)9(3)18(26)10(4)20(16,28)14(6)22(18,30-2)13(5)19/h3-14,27-28H,1-2H3/t3-,4-,5-,6-,7-,8+,9-,10+,11+,12-,13-,14+,15-,16+,17?,18?,19+,20-,21?,22?/m1/s1. The van der Waals surface area contributed by atoms with Crippen LogP contribution in [0.3, 0.4) is 0 Å². The van der Waals surface area contributed by atoms with E-state index in [0.29, 0.717) is 35.5 Å². The normalized spacial score (nSPS) is 96.0. The molecule has 0 aliphatic heterocycles. The van der Waals surface area contributed by atoms with E-state index < -0.39 is 16.8 Å². The molecular weight excluding hydrogens is 648 g/mol. The first-order valence-electron chi connectivity index (χ1n) is 11.4. The van der Waals surface area contributed by atoms with Crippen LogP contribution in [0.4, 0.5) is 0 Å². The van der Waals surface area contributed by atoms with Gasteiger partial charge in [-0.25, -0.2) is 0 Å². The number of rotatable bonds is 2. The molecule has 2 N–H and O–H groups in total. The first kappa shape index (κ1) is 17.2. The van der Waals surface area contributed by atoms with Gasteiger partial charge in [0.15, 0.2) is 0 Å². The van der Waals surface area contributed by atoms with Gasteiger partial charge in [-0.3, -0.25) is 0 Å². The summed E-state index contributed by atoms with van der Waals surface area (Å²) in [6.07, 6.45) is 0. The van der Waals surface area contributed by atoms with Gasteiger partial charge in [0, 0.05) is 49.7 Å². The first-order chi connectivity index (χ1) is 14.1. The molecule has 0 heterocycles. The van der Waals surface area contributed by atoms with Crippen molar-refractivity contribution in [3.05, 3.63) is 0 Å². The molecule has 0 aromatic heterocycles. The SMILES string of the molecule is COC12[C@H]3[C@@H]4[C@@H]5[C@@H]6C7(OC)[C@H]4[C@@]4(Br)[C@@H]8[C@H]9[C@H]%10[C@H](C1(Br)[C@H]9[C@@]34O)[C@](O)([C@@H]52)[C@@]6(Br)[C@@H]%10C87Br. The van der Waals surface area contributed by atoms with Crippen LogP contribution in [0.2, 0.25) is 0 Å². The van der Waals surface area contributed by atoms with E-state index in [1.807, 2.05) is 14.2 Å². The van der Waals surface area contributed by atoms with Crippen LogP contribution >= 0.6 is 63.7 Å². The monoisotopic (exact) mass is 664 g/mol. The lowest BCUT2D eigenvalue weighted by Crippen LogP contribution is -2.60. The Kier molecular flexibility index (Phi) is 2.03. The van der Waals surface area contributed by atoms with Gasteiger partial charge in [-0.05, 0) is 35.5 Å². The maximum Gasteiger partial charge on any atom is 0.0956 e. The molecule has 0 amide bonds. The molecule has 30 heavy (non-hydrogen) atoms. The zero-order valence-electron chi connectivity index (χ0n) is 16.2. The molecule has 0 aromatic carbocycles. The number of aliphatic hydroxyl groups is 2. The summed E-state index contributed by atoms with van der Waals surface area (Å²) in [7, 11) is 3.77. The minimum atomic E-state index is -0.808. The van der Waals surface area contributed by atoms with Crippen LogP contribution in [0.25, 0.3) is 0 Å². The zero-order valence-corrected chi connectivity index (χ0v) is 22.5. The Morgan fingerprint density at radius 1 is 0.500 bits per heavy atom. The molecule has 12 fully saturated rings. The molecule has 20 atom stereocenters. The van der Waals surface area contributed by atoms with Crippen LogP contribution in [0, 0.1) is 71.0 Å². The highest BCUT2D eigenvalue weighted by Crippen LogP contribution is 3.10. The Labute approximate surface area is 207 Å². The Balaban J connectivity index is 1.47. The zero-order chi connectivity index (χ0) is 20.3. The number of ether oxygens (including phenoxy) is 2. The Hall–Kier alpha value is 1.76. The third-order valence-corrected chi connectivity index (χ3v) is 20.9. The van der Waals surface area contributed by atoms with Crippen molar-refractivity contribution in [2.45, 2.75) is 39.7 Å². The number of hydrogen-bond donors (Lipinski definition) is 2. The molecule has 0 saturated heterocycles. The van der Waals surface area contributed by atoms with Crippen molar-refractivity contribution in [1.82, 2.24) is 0 Å². The van der Waals surface area contributed by atoms with Gasteiger partial charge in [0.1, 0.15) is 0 Å². The second kappa shape index (κ2) is 3.54. The summed E-state index contributed by atoms with van der Waals surface area (Å²) in [4.78, 5) is 0. The molecule has 0 bridgehead atoms. The maximum absolute atomic E-state index is 13.0. The molecule has 12 saturated carbocycles. The highest BCUT2D eigenvalue weighted by Gasteiger charge is 3.19. The third-order valence-electron chi connectivity index (χ3n) is 14.4. The topological polar surface area (TPSA) is 58.9 Å². The molecule has 12 aliphatic carbocycles. The number of halogens is 4. The van der Waals surface area contributed by atoms with Crippen molar-refractivity contribution in [3.63, 3.8) is 0 Å². The summed E-state index contributed by atoms with van der Waals surface area (Å²) in [6, 6.07) is 0. The summed E-state index contributed by atoms with van der Waals surface area (Å²) in [6.45, 7) is 0. The lowest BCUT2D eigenvalue weighted by atomic mass is 9.72. The average molecular weight is 668 g/mol. The second-order valence-electron chi connectivity index (χ2n) is 12.8. The van der Waals surface area contributed by atoms with Gasteiger partial charge >= 0.3 is 0 Å². The smallest absolute Gasteiger partial charge is 0.0956 e. The Bertz CT molecular complexity index is 980. The second-order valence-corrected chi connectivity index (χ2v) is 18.1. The van der Waals surface area contributed by atoms with Gasteiger partial charge < -0.3 is 19.7 Å². The molecule has 4 nitrogen and oxygen atoms in total. The summed E-state index contributed by atoms with van der Waals surface area (Å²) in [5.41, 5.74) is -2.45. The van der Waals surface area contributed by atoms with Crippen molar-refractivity contribution in [2.75, 3.05) is 14.2 Å². The summed E-state index contributed by atoms with van der Waals surface area (Å²) in [5.74, 6) is 2.97. The predicted octanol–water partition coefficient (Wildman–Crippen LogP) is 2.30. The van der Waals surface area contributed by atoms with Crippen molar-refractivity contribution in [3.8, 4) is 0 Å². The molecule has 0 spiro atoms. The van der Waals surface area contributed by atoms with Gasteiger partial charge in [-0.15, -0.1) is 0 Å². The van der Waals surface area contributed by atoms with E-state index >= 15 is 0 Å². The van der Waals surface area contributed by atoms with Crippen LogP contribution in [0.5, 0.6) is 0 Å². The van der Waals surface area contributed by atoms with Crippen molar-refractivity contribution in [2.24, 2.45) is 71.0 Å². The number of hydrogen-bond acceptors (Lipinski definition) is 4. The molecule has 0 radical (unpaired) electrons. The highest BCUT2D eigenvalue weighted by atomic mass is 79.9. The summed E-state index contributed by atoms with van der Waals surface area (Å²) < 4.78 is 12.2. The van der Waals surface area contributed by atoms with E-state index in [1.54, 1.807) is 0 Å². The van der Waals surface area contributed by atoms with E-state index in [0.717, 1.165) is 0 Å². The van der Waals surface area contributed by atoms with E-state index in [2.05, 4.69) is 63.7 Å².